The molecule has 0 rings (SSSR count). The van der Waals surface area contributed by atoms with Gasteiger partial charge in [0.2, 0.25) is 0 Å². The average molecular weight is 243 g/mol. The quantitative estimate of drug-likeness (QED) is 0.332. The molecule has 0 amide bonds. The normalized spacial score (nSPS) is 19.5. The maximum Gasteiger partial charge on any atom is -0.00934 e. The van der Waals surface area contributed by atoms with Crippen molar-refractivity contribution in [2.45, 2.75) is 0 Å². The molecule has 0 aliphatic rings. The van der Waals surface area contributed by atoms with E-state index >= 15 is 0 Å². The van der Waals surface area contributed by atoms with Crippen LogP contribution in [0.1, 0.15) is 0 Å². The standard InChI is InChI=1S/H18Si8/c1-3-5-7-8-6-4-2/h3-8H2,1-2H3. The molecule has 0 aliphatic heterocycles. The highest BCUT2D eigenvalue weighted by atomic mass is 30.0. The summed E-state index contributed by atoms with van der Waals surface area (Å²) >= 11 is 0. The highest BCUT2D eigenvalue weighted by molar-refractivity contribution is 7.64. The third kappa shape index (κ3) is 7.74. The highest BCUT2D eigenvalue weighted by Crippen LogP contribution is 1.50. The maximum atomic E-state index is 1.70. The summed E-state index contributed by atoms with van der Waals surface area (Å²) in [4.78, 5) is 0. The van der Waals surface area contributed by atoms with Gasteiger partial charge in [0, 0.05) is 0 Å². The lowest BCUT2D eigenvalue weighted by atomic mass is 26.2. The van der Waals surface area contributed by atoms with Gasteiger partial charge in [0.1, 0.15) is 0 Å². The molecule has 0 atom stereocenters. The minimum absolute atomic E-state index is 0.809. The van der Waals surface area contributed by atoms with Gasteiger partial charge in [-0.05, 0) is 70.8 Å². The summed E-state index contributed by atoms with van der Waals surface area (Å²) in [7, 11) is 8.56. The second kappa shape index (κ2) is 8.74. The molecule has 0 radical (unpaired) electrons. The Morgan fingerprint density at radius 1 is 0.625 bits per heavy atom. The molecular formula is H18Si8. The first kappa shape index (κ1) is 9.74. The zero-order chi connectivity index (χ0) is 6.24. The molecule has 0 saturated carbocycles. The first-order chi connectivity index (χ1) is 3.91. The van der Waals surface area contributed by atoms with Crippen molar-refractivity contribution in [1.82, 2.24) is 0 Å². The lowest BCUT2D eigenvalue weighted by Gasteiger charge is -1.89. The molecule has 0 aromatic rings. The molecule has 8 heteroatoms. The molecule has 50 valence electrons. The molecule has 0 nitrogen and oxygen atoms in total. The Labute approximate surface area is 70.7 Å². The van der Waals surface area contributed by atoms with Gasteiger partial charge in [-0.3, -0.25) is 0 Å². The molecule has 0 saturated heterocycles. The highest BCUT2D eigenvalue weighted by Gasteiger charge is 1.87. The Bertz CT molecular complexity index is 25.0. The van der Waals surface area contributed by atoms with Crippen LogP contribution < -0.4 is 0 Å². The average Bonchev–Trinajstić information content (AvgIpc) is 1.81. The summed E-state index contributed by atoms with van der Waals surface area (Å²) in [5.41, 5.74) is 0. The van der Waals surface area contributed by atoms with Gasteiger partial charge in [0.15, 0.2) is 0 Å². The van der Waals surface area contributed by atoms with Gasteiger partial charge in [0.25, 0.3) is 0 Å². The van der Waals surface area contributed by atoms with E-state index < -0.39 is 0 Å². The Balaban J connectivity index is 2.53. The molecule has 0 spiro atoms. The zero-order valence-electron chi connectivity index (χ0n) is 6.24. The van der Waals surface area contributed by atoms with Crippen LogP contribution in [0.15, 0.2) is 0 Å². The van der Waals surface area contributed by atoms with Gasteiger partial charge in [-0.1, -0.05) is 0 Å². The predicted molar refractivity (Wildman–Crippen MR) is 71.1 cm³/mol. The summed E-state index contributed by atoms with van der Waals surface area (Å²) in [6.07, 6.45) is 0. The van der Waals surface area contributed by atoms with Crippen LogP contribution in [-0.2, 0) is 0 Å². The molecule has 0 N–H and O–H groups in total. The van der Waals surface area contributed by atoms with Crippen molar-refractivity contribution in [1.29, 1.82) is 0 Å². The van der Waals surface area contributed by atoms with Crippen LogP contribution in [0.4, 0.5) is 0 Å². The number of rotatable bonds is 5. The molecule has 0 aromatic heterocycles. The second-order valence-electron chi connectivity index (χ2n) is 2.41. The maximum absolute atomic E-state index is 1.70. The van der Waals surface area contributed by atoms with Crippen LogP contribution in [0.3, 0.4) is 0 Å². The van der Waals surface area contributed by atoms with Crippen molar-refractivity contribution in [3.8, 4) is 0 Å². The van der Waals surface area contributed by atoms with Gasteiger partial charge in [0.05, 0.1) is 0 Å². The Hall–Kier alpha value is 1.74. The minimum Gasteiger partial charge on any atom is -0.0120 e. The fraction of sp³-hybridized carbons (Fsp3) is 0. The van der Waals surface area contributed by atoms with E-state index in [0.717, 1.165) is 51.3 Å². The first-order valence-corrected chi connectivity index (χ1v) is 35.2. The molecule has 0 unspecified atom stereocenters. The van der Waals surface area contributed by atoms with E-state index in [1.165, 1.54) is 0 Å². The van der Waals surface area contributed by atoms with Crippen LogP contribution in [0.25, 0.3) is 0 Å². The van der Waals surface area contributed by atoms with E-state index in [4.69, 9.17) is 0 Å². The van der Waals surface area contributed by atoms with Crippen LogP contribution in [0.5, 0.6) is 0 Å². The zero-order valence-corrected chi connectivity index (χ0v) is 18.7. The molecule has 8 heavy (non-hydrogen) atoms. The minimum atomic E-state index is 0.809. The van der Waals surface area contributed by atoms with Crippen molar-refractivity contribution in [2.75, 3.05) is 0 Å². The van der Waals surface area contributed by atoms with E-state index in [9.17, 15) is 0 Å². The van der Waals surface area contributed by atoms with Crippen LogP contribution in [0.2, 0.25) is 0 Å². The molecule has 0 aromatic carbocycles. The van der Waals surface area contributed by atoms with E-state index in [1.807, 2.05) is 0 Å². The van der Waals surface area contributed by atoms with Gasteiger partial charge in [-0.2, -0.15) is 0 Å². The van der Waals surface area contributed by atoms with Crippen molar-refractivity contribution >= 4 is 70.8 Å². The fourth-order valence-corrected chi connectivity index (χ4v) is 207. The third-order valence-electron chi connectivity index (χ3n) is 1.46. The van der Waals surface area contributed by atoms with E-state index in [-0.39, 0.29) is 0 Å². The first-order valence-electron chi connectivity index (χ1n) is 3.91. The monoisotopic (exact) mass is 242 g/mol. The number of hydrogen-bond acceptors (Lipinski definition) is 0. The lowest BCUT2D eigenvalue weighted by molar-refractivity contribution is 3.88. The van der Waals surface area contributed by atoms with Crippen molar-refractivity contribution in [2.24, 2.45) is 0 Å². The topological polar surface area (TPSA) is 0 Å². The Kier molecular flexibility index (Phi) is 10.6. The summed E-state index contributed by atoms with van der Waals surface area (Å²) < 4.78 is 0. The largest absolute Gasteiger partial charge is 0.0120 e. The molecular weight excluding hydrogens is 225 g/mol. The van der Waals surface area contributed by atoms with Crippen molar-refractivity contribution in [3.05, 3.63) is 0 Å². The van der Waals surface area contributed by atoms with Gasteiger partial charge < -0.3 is 0 Å². The second-order valence-corrected chi connectivity index (χ2v) is 65.2. The summed E-state index contributed by atoms with van der Waals surface area (Å²) in [6, 6.07) is 0. The summed E-state index contributed by atoms with van der Waals surface area (Å²) in [6.45, 7) is 0. The fourth-order valence-electron chi connectivity index (χ4n) is 0.854. The van der Waals surface area contributed by atoms with Crippen molar-refractivity contribution < 1.29 is 0 Å². The SMILES string of the molecule is [SiH3][SiH2][SiH2][SiH2][SiH2][SiH2][SiH2][SiH3]. The van der Waals surface area contributed by atoms with Crippen LogP contribution in [0, 0.1) is 0 Å². The Morgan fingerprint density at radius 3 is 1.25 bits per heavy atom. The van der Waals surface area contributed by atoms with Crippen molar-refractivity contribution in [3.63, 3.8) is 0 Å². The molecule has 0 heterocycles. The lowest BCUT2D eigenvalue weighted by Crippen LogP contribution is -2.26. The van der Waals surface area contributed by atoms with Gasteiger partial charge in [-0.15, -0.1) is 0 Å². The summed E-state index contributed by atoms with van der Waals surface area (Å²) in [5.74, 6) is 0. The van der Waals surface area contributed by atoms with Gasteiger partial charge >= 0.3 is 0 Å². The predicted octanol–water partition coefficient (Wildman–Crippen LogP) is -7.86. The van der Waals surface area contributed by atoms with Crippen LogP contribution in [-0.4, -0.2) is 70.8 Å². The molecule has 0 bridgehead atoms. The van der Waals surface area contributed by atoms with E-state index in [0.29, 0.717) is 0 Å². The van der Waals surface area contributed by atoms with Gasteiger partial charge in [-0.25, -0.2) is 0 Å². The molecule has 0 fully saturated rings. The van der Waals surface area contributed by atoms with E-state index in [2.05, 4.69) is 0 Å². The third-order valence-corrected chi connectivity index (χ3v) is 118. The molecule has 0 aliphatic carbocycles. The van der Waals surface area contributed by atoms with E-state index in [1.54, 1.807) is 19.5 Å². The smallest absolute Gasteiger partial charge is 0.00934 e. The number of hydrogen-bond donors (Lipinski definition) is 0. The van der Waals surface area contributed by atoms with Crippen LogP contribution >= 0.6 is 0 Å². The Morgan fingerprint density at radius 2 is 1.00 bits per heavy atom. The summed E-state index contributed by atoms with van der Waals surface area (Å²) in [5, 5.41) is 0.